The van der Waals surface area contributed by atoms with Crippen molar-refractivity contribution in [1.29, 1.82) is 0 Å². The van der Waals surface area contributed by atoms with E-state index in [1.807, 2.05) is 11.8 Å². The van der Waals surface area contributed by atoms with E-state index in [0.717, 1.165) is 0 Å². The largest absolute Gasteiger partial charge is 0.309 e. The van der Waals surface area contributed by atoms with E-state index in [-0.39, 0.29) is 5.92 Å². The Labute approximate surface area is 242 Å². The Morgan fingerprint density at radius 1 is 0.439 bits per heavy atom. The number of aromatic nitrogens is 1. The second-order valence-corrected chi connectivity index (χ2v) is 12.0. The van der Waals surface area contributed by atoms with E-state index in [9.17, 15) is 0 Å². The topological polar surface area (TPSA) is 4.93 Å². The van der Waals surface area contributed by atoms with Crippen LogP contribution >= 0.6 is 11.8 Å². The van der Waals surface area contributed by atoms with Crippen LogP contribution in [-0.4, -0.2) is 4.57 Å². The lowest BCUT2D eigenvalue weighted by molar-refractivity contribution is 0.923. The van der Waals surface area contributed by atoms with E-state index in [0.29, 0.717) is 0 Å². The molecule has 0 N–H and O–H groups in total. The maximum atomic E-state index is 2.43. The van der Waals surface area contributed by atoms with Crippen LogP contribution in [0.2, 0.25) is 0 Å². The first-order valence-corrected chi connectivity index (χ1v) is 15.0. The Balaban J connectivity index is 1.37. The van der Waals surface area contributed by atoms with Gasteiger partial charge >= 0.3 is 0 Å². The zero-order valence-corrected chi connectivity index (χ0v) is 23.1. The Kier molecular flexibility index (Phi) is 4.96. The normalized spacial score (nSPS) is 13.2. The van der Waals surface area contributed by atoms with Crippen molar-refractivity contribution in [3.63, 3.8) is 0 Å². The highest BCUT2D eigenvalue weighted by molar-refractivity contribution is 7.99. The van der Waals surface area contributed by atoms with Crippen LogP contribution in [0.5, 0.6) is 0 Å². The molecule has 41 heavy (non-hydrogen) atoms. The van der Waals surface area contributed by atoms with Crippen LogP contribution in [0.4, 0.5) is 0 Å². The van der Waals surface area contributed by atoms with Gasteiger partial charge in [-0.05, 0) is 74.6 Å². The molecule has 1 aromatic heterocycles. The van der Waals surface area contributed by atoms with E-state index in [1.54, 1.807) is 0 Å². The minimum Gasteiger partial charge on any atom is -0.309 e. The second-order valence-electron chi connectivity index (χ2n) is 10.9. The zero-order valence-electron chi connectivity index (χ0n) is 22.3. The van der Waals surface area contributed by atoms with Gasteiger partial charge in [0.15, 0.2) is 0 Å². The van der Waals surface area contributed by atoms with Gasteiger partial charge in [0.1, 0.15) is 0 Å². The third kappa shape index (κ3) is 3.38. The maximum absolute atomic E-state index is 2.43. The summed E-state index contributed by atoms with van der Waals surface area (Å²) in [4.78, 5) is 2.69. The molecule has 1 aliphatic heterocycles. The first-order chi connectivity index (χ1) is 20.3. The van der Waals surface area contributed by atoms with Crippen molar-refractivity contribution in [2.75, 3.05) is 0 Å². The molecule has 0 bridgehead atoms. The molecule has 1 aliphatic rings. The lowest BCUT2D eigenvalue weighted by atomic mass is 9.80. The molecule has 0 unspecified atom stereocenters. The Bertz CT molecular complexity index is 2170. The molecule has 0 saturated heterocycles. The average Bonchev–Trinajstić information content (AvgIpc) is 3.38. The van der Waals surface area contributed by atoms with Crippen molar-refractivity contribution < 1.29 is 0 Å². The molecule has 0 spiro atoms. The van der Waals surface area contributed by atoms with Gasteiger partial charge in [0.05, 0.1) is 11.0 Å². The molecule has 0 saturated carbocycles. The van der Waals surface area contributed by atoms with E-state index in [2.05, 4.69) is 150 Å². The zero-order chi connectivity index (χ0) is 26.9. The molecule has 1 nitrogen and oxygen atoms in total. The molecule has 0 atom stereocenters. The molecule has 9 rings (SSSR count). The smallest absolute Gasteiger partial charge is 0.0541 e. The molecule has 0 fully saturated rings. The number of rotatable bonds is 2. The van der Waals surface area contributed by atoms with Gasteiger partial charge in [0, 0.05) is 32.2 Å². The highest BCUT2D eigenvalue weighted by Gasteiger charge is 2.31. The number of benzene rings is 7. The molecule has 2 heterocycles. The van der Waals surface area contributed by atoms with Crippen LogP contribution in [0.1, 0.15) is 22.6 Å². The summed E-state index contributed by atoms with van der Waals surface area (Å²) in [6.45, 7) is 0. The Hall–Kier alpha value is -4.79. The lowest BCUT2D eigenvalue weighted by Crippen LogP contribution is -2.12. The van der Waals surface area contributed by atoms with Crippen molar-refractivity contribution in [1.82, 2.24) is 4.57 Å². The van der Waals surface area contributed by atoms with Crippen molar-refractivity contribution in [3.8, 4) is 5.69 Å². The number of hydrogen-bond donors (Lipinski definition) is 0. The quantitative estimate of drug-likeness (QED) is 0.211. The summed E-state index contributed by atoms with van der Waals surface area (Å²) in [7, 11) is 0. The average molecular weight is 540 g/mol. The molecule has 0 aliphatic carbocycles. The molecule has 2 heteroatoms. The van der Waals surface area contributed by atoms with Crippen LogP contribution < -0.4 is 0 Å². The first kappa shape index (κ1) is 23.0. The summed E-state index contributed by atoms with van der Waals surface area (Å²) in [5.74, 6) is 0.117. The number of hydrogen-bond acceptors (Lipinski definition) is 1. The van der Waals surface area contributed by atoms with Gasteiger partial charge in [-0.2, -0.15) is 0 Å². The van der Waals surface area contributed by atoms with E-state index in [1.165, 1.54) is 75.5 Å². The first-order valence-electron chi connectivity index (χ1n) is 14.1. The fourth-order valence-corrected chi connectivity index (χ4v) is 8.15. The third-order valence-electron chi connectivity index (χ3n) is 8.70. The van der Waals surface area contributed by atoms with E-state index < -0.39 is 0 Å². The SMILES string of the molecule is c1cc(C2c3c(ccc4ccccc34)Sc3ccc4ccccc4c32)cc(-n2c3ccccc3c3ccccc32)c1. The van der Waals surface area contributed by atoms with E-state index in [4.69, 9.17) is 0 Å². The number of fused-ring (bicyclic) bond motifs is 9. The van der Waals surface area contributed by atoms with Gasteiger partial charge in [-0.15, -0.1) is 0 Å². The van der Waals surface area contributed by atoms with Gasteiger partial charge in [-0.3, -0.25) is 0 Å². The minimum atomic E-state index is 0.117. The Morgan fingerprint density at radius 2 is 0.951 bits per heavy atom. The summed E-state index contributed by atoms with van der Waals surface area (Å²) in [5, 5.41) is 7.83. The minimum absolute atomic E-state index is 0.117. The summed E-state index contributed by atoms with van der Waals surface area (Å²) in [6.07, 6.45) is 0. The van der Waals surface area contributed by atoms with Crippen molar-refractivity contribution in [2.45, 2.75) is 15.7 Å². The van der Waals surface area contributed by atoms with Crippen molar-refractivity contribution >= 4 is 55.1 Å². The fraction of sp³-hybridized carbons (Fsp3) is 0.0256. The summed E-state index contributed by atoms with van der Waals surface area (Å²) < 4.78 is 2.43. The van der Waals surface area contributed by atoms with Gasteiger partial charge in [0.25, 0.3) is 0 Å². The lowest BCUT2D eigenvalue weighted by Gasteiger charge is -2.31. The molecule has 0 amide bonds. The monoisotopic (exact) mass is 539 g/mol. The highest BCUT2D eigenvalue weighted by Crippen LogP contribution is 2.53. The third-order valence-corrected chi connectivity index (χ3v) is 9.85. The highest BCUT2D eigenvalue weighted by atomic mass is 32.2. The molecular formula is C39H25NS. The molecule has 7 aromatic carbocycles. The number of nitrogens with zero attached hydrogens (tertiary/aromatic N) is 1. The molecule has 192 valence electrons. The van der Waals surface area contributed by atoms with Crippen LogP contribution in [0.25, 0.3) is 49.0 Å². The number of para-hydroxylation sites is 2. The molecular weight excluding hydrogens is 515 g/mol. The standard InChI is InChI=1S/C39H25NS/c1-3-14-29-25(10-1)20-22-35-38(29)37(39-30-15-4-2-11-26(30)21-23-36(39)41-35)27-12-9-13-28(24-27)40-33-18-7-5-16-31(33)32-17-6-8-19-34(32)40/h1-24,37H. The van der Waals surface area contributed by atoms with Gasteiger partial charge in [-0.1, -0.05) is 121 Å². The predicted octanol–water partition coefficient (Wildman–Crippen LogP) is 10.7. The van der Waals surface area contributed by atoms with Crippen LogP contribution in [0, 0.1) is 0 Å². The second kappa shape index (κ2) is 8.86. The molecule has 0 radical (unpaired) electrons. The summed E-state index contributed by atoms with van der Waals surface area (Å²) in [5.41, 5.74) is 7.82. The fourth-order valence-electron chi connectivity index (χ4n) is 6.97. The van der Waals surface area contributed by atoms with E-state index >= 15 is 0 Å². The van der Waals surface area contributed by atoms with Gasteiger partial charge < -0.3 is 4.57 Å². The van der Waals surface area contributed by atoms with Crippen molar-refractivity contribution in [3.05, 3.63) is 162 Å². The molecule has 8 aromatic rings. The Morgan fingerprint density at radius 3 is 1.54 bits per heavy atom. The summed E-state index contributed by atoms with van der Waals surface area (Å²) in [6, 6.07) is 53.7. The van der Waals surface area contributed by atoms with Crippen molar-refractivity contribution in [2.24, 2.45) is 0 Å². The predicted molar refractivity (Wildman–Crippen MR) is 174 cm³/mol. The summed E-state index contributed by atoms with van der Waals surface area (Å²) >= 11 is 1.91. The van der Waals surface area contributed by atoms with Gasteiger partial charge in [0.2, 0.25) is 0 Å². The van der Waals surface area contributed by atoms with Crippen LogP contribution in [-0.2, 0) is 0 Å². The van der Waals surface area contributed by atoms with Crippen LogP contribution in [0.3, 0.4) is 0 Å². The van der Waals surface area contributed by atoms with Gasteiger partial charge in [-0.25, -0.2) is 0 Å². The maximum Gasteiger partial charge on any atom is 0.0541 e. The van der Waals surface area contributed by atoms with Crippen LogP contribution in [0.15, 0.2) is 155 Å².